The van der Waals surface area contributed by atoms with Gasteiger partial charge in [0.15, 0.2) is 0 Å². The first-order valence-corrected chi connectivity index (χ1v) is 4.58. The fourth-order valence-electron chi connectivity index (χ4n) is 1.40. The van der Waals surface area contributed by atoms with Crippen LogP contribution in [0.1, 0.15) is 17.7 Å². The van der Waals surface area contributed by atoms with E-state index < -0.39 is 4.33 Å². The summed E-state index contributed by atoms with van der Waals surface area (Å²) in [5.74, 6) is 0. The highest BCUT2D eigenvalue weighted by molar-refractivity contribution is 6.48. The van der Waals surface area contributed by atoms with Gasteiger partial charge in [0.1, 0.15) is 10.7 Å². The maximum atomic E-state index is 6.00. The molecule has 0 aromatic carbocycles. The van der Waals surface area contributed by atoms with Crippen molar-refractivity contribution in [3.8, 4) is 0 Å². The van der Waals surface area contributed by atoms with Crippen molar-refractivity contribution in [3.63, 3.8) is 0 Å². The molecule has 1 heterocycles. The zero-order chi connectivity index (χ0) is 8.60. The number of hydrogen-bond donors (Lipinski definition) is 0. The van der Waals surface area contributed by atoms with Crippen LogP contribution >= 0.6 is 23.2 Å². The summed E-state index contributed by atoms with van der Waals surface area (Å²) in [7, 11) is 0. The van der Waals surface area contributed by atoms with Gasteiger partial charge in [-0.1, -0.05) is 0 Å². The molecular weight excluding hydrogens is 195 g/mol. The van der Waals surface area contributed by atoms with Gasteiger partial charge in [-0.15, -0.1) is 23.2 Å². The predicted octanol–water partition coefficient (Wildman–Crippen LogP) is 2.14. The van der Waals surface area contributed by atoms with Crippen LogP contribution in [-0.4, -0.2) is 14.3 Å². The molecule has 1 aromatic heterocycles. The molecule has 1 aliphatic rings. The predicted molar refractivity (Wildman–Crippen MR) is 48.5 cm³/mol. The van der Waals surface area contributed by atoms with Crippen molar-refractivity contribution >= 4 is 23.2 Å². The smallest absolute Gasteiger partial charge is 0.124 e. The number of fused-ring (bicyclic) bond motifs is 1. The van der Waals surface area contributed by atoms with Crippen LogP contribution in [0.4, 0.5) is 0 Å². The van der Waals surface area contributed by atoms with Crippen LogP contribution in [0.15, 0.2) is 12.5 Å². The number of nitrogens with zero attached hydrogens (tertiary/aromatic N) is 2. The normalized spacial score (nSPS) is 20.2. The summed E-state index contributed by atoms with van der Waals surface area (Å²) in [4.78, 5) is 8.08. The largest absolute Gasteiger partial charge is 0.245 e. The Morgan fingerprint density at radius 1 is 1.42 bits per heavy atom. The Labute approximate surface area is 80.9 Å². The molecule has 0 N–H and O–H groups in total. The molecule has 0 saturated heterocycles. The van der Waals surface area contributed by atoms with E-state index in [1.807, 2.05) is 6.20 Å². The van der Waals surface area contributed by atoms with Gasteiger partial charge in [-0.2, -0.15) is 0 Å². The molecule has 1 aromatic rings. The third-order valence-corrected chi connectivity index (χ3v) is 2.71. The minimum Gasteiger partial charge on any atom is -0.245 e. The maximum Gasteiger partial charge on any atom is 0.124 e. The molecule has 0 fully saturated rings. The van der Waals surface area contributed by atoms with Crippen LogP contribution in [0.3, 0.4) is 0 Å². The average Bonchev–Trinajstić information content (AvgIpc) is 2.02. The first-order valence-electron chi connectivity index (χ1n) is 3.83. The first kappa shape index (κ1) is 8.27. The average molecular weight is 203 g/mol. The van der Waals surface area contributed by atoms with E-state index in [9.17, 15) is 0 Å². The molecule has 0 amide bonds. The lowest BCUT2D eigenvalue weighted by molar-refractivity contribution is 0.623. The second-order valence-electron chi connectivity index (χ2n) is 3.03. The zero-order valence-corrected chi connectivity index (χ0v) is 7.94. The standard InChI is InChI=1S/C8H8Cl2N2/c9-8(10)2-1-6-4-11-5-12-7(6)3-8/h4-5H,1-3H2. The van der Waals surface area contributed by atoms with Crippen LogP contribution in [0.5, 0.6) is 0 Å². The molecule has 64 valence electrons. The topological polar surface area (TPSA) is 25.8 Å². The molecule has 12 heavy (non-hydrogen) atoms. The SMILES string of the molecule is ClC1(Cl)CCc2cncnc2C1. The quantitative estimate of drug-likeness (QED) is 0.603. The number of hydrogen-bond acceptors (Lipinski definition) is 2. The highest BCUT2D eigenvalue weighted by Gasteiger charge is 2.30. The van der Waals surface area contributed by atoms with Gasteiger partial charge in [0, 0.05) is 18.3 Å². The molecule has 4 heteroatoms. The summed E-state index contributed by atoms with van der Waals surface area (Å²) in [5.41, 5.74) is 2.16. The molecule has 0 aliphatic heterocycles. The van der Waals surface area contributed by atoms with E-state index >= 15 is 0 Å². The Balaban J connectivity index is 2.35. The Bertz CT molecular complexity index is 299. The number of rotatable bonds is 0. The number of alkyl halides is 2. The fraction of sp³-hybridized carbons (Fsp3) is 0.500. The molecule has 0 unspecified atom stereocenters. The van der Waals surface area contributed by atoms with Crippen molar-refractivity contribution in [2.45, 2.75) is 23.6 Å². The van der Waals surface area contributed by atoms with Crippen molar-refractivity contribution < 1.29 is 0 Å². The van der Waals surface area contributed by atoms with Crippen molar-refractivity contribution in [3.05, 3.63) is 23.8 Å². The highest BCUT2D eigenvalue weighted by atomic mass is 35.5. The molecule has 0 spiro atoms. The van der Waals surface area contributed by atoms with Gasteiger partial charge in [0.2, 0.25) is 0 Å². The lowest BCUT2D eigenvalue weighted by Gasteiger charge is -2.25. The number of halogens is 2. The molecule has 0 atom stereocenters. The summed E-state index contributed by atoms with van der Waals surface area (Å²) in [5, 5.41) is 0. The monoisotopic (exact) mass is 202 g/mol. The molecule has 0 bridgehead atoms. The lowest BCUT2D eigenvalue weighted by Crippen LogP contribution is -2.24. The fourth-order valence-corrected chi connectivity index (χ4v) is 1.84. The van der Waals surface area contributed by atoms with Gasteiger partial charge >= 0.3 is 0 Å². The molecule has 2 rings (SSSR count). The second kappa shape index (κ2) is 2.86. The van der Waals surface area contributed by atoms with E-state index in [-0.39, 0.29) is 0 Å². The number of aromatic nitrogens is 2. The van der Waals surface area contributed by atoms with Gasteiger partial charge in [0.25, 0.3) is 0 Å². The Kier molecular flexibility index (Phi) is 1.97. The Hall–Kier alpha value is -0.340. The van der Waals surface area contributed by atoms with Gasteiger partial charge in [-0.05, 0) is 18.4 Å². The highest BCUT2D eigenvalue weighted by Crippen LogP contribution is 2.35. The van der Waals surface area contributed by atoms with E-state index in [1.165, 1.54) is 11.9 Å². The van der Waals surface area contributed by atoms with E-state index in [2.05, 4.69) is 9.97 Å². The van der Waals surface area contributed by atoms with Crippen LogP contribution in [0.25, 0.3) is 0 Å². The third kappa shape index (κ3) is 1.54. The lowest BCUT2D eigenvalue weighted by atomic mass is 9.97. The minimum atomic E-state index is -0.624. The van der Waals surface area contributed by atoms with Gasteiger partial charge < -0.3 is 0 Å². The van der Waals surface area contributed by atoms with Gasteiger partial charge in [0.05, 0.1) is 0 Å². The molecule has 0 saturated carbocycles. The second-order valence-corrected chi connectivity index (χ2v) is 4.67. The molecule has 0 radical (unpaired) electrons. The summed E-state index contributed by atoms with van der Waals surface area (Å²) < 4.78 is -0.624. The summed E-state index contributed by atoms with van der Waals surface area (Å²) >= 11 is 12.0. The van der Waals surface area contributed by atoms with E-state index in [1.54, 1.807) is 0 Å². The van der Waals surface area contributed by atoms with E-state index in [0.717, 1.165) is 18.5 Å². The first-order chi connectivity index (χ1) is 5.67. The minimum absolute atomic E-state index is 0.624. The molecular formula is C8H8Cl2N2. The Morgan fingerprint density at radius 2 is 2.25 bits per heavy atom. The van der Waals surface area contributed by atoms with Crippen LogP contribution in [0.2, 0.25) is 0 Å². The van der Waals surface area contributed by atoms with Gasteiger partial charge in [-0.25, -0.2) is 9.97 Å². The maximum absolute atomic E-state index is 6.00. The van der Waals surface area contributed by atoms with E-state index in [4.69, 9.17) is 23.2 Å². The van der Waals surface area contributed by atoms with Crippen LogP contribution in [-0.2, 0) is 12.8 Å². The van der Waals surface area contributed by atoms with Crippen molar-refractivity contribution in [2.75, 3.05) is 0 Å². The molecule has 2 nitrogen and oxygen atoms in total. The van der Waals surface area contributed by atoms with Crippen molar-refractivity contribution in [1.29, 1.82) is 0 Å². The van der Waals surface area contributed by atoms with E-state index in [0.29, 0.717) is 6.42 Å². The number of aryl methyl sites for hydroxylation is 1. The Morgan fingerprint density at radius 3 is 3.08 bits per heavy atom. The molecule has 1 aliphatic carbocycles. The van der Waals surface area contributed by atoms with Crippen LogP contribution < -0.4 is 0 Å². The van der Waals surface area contributed by atoms with Gasteiger partial charge in [-0.3, -0.25) is 0 Å². The van der Waals surface area contributed by atoms with Crippen molar-refractivity contribution in [1.82, 2.24) is 9.97 Å². The summed E-state index contributed by atoms with van der Waals surface area (Å²) in [6.45, 7) is 0. The summed E-state index contributed by atoms with van der Waals surface area (Å²) in [6.07, 6.45) is 5.67. The van der Waals surface area contributed by atoms with Crippen molar-refractivity contribution in [2.24, 2.45) is 0 Å². The zero-order valence-electron chi connectivity index (χ0n) is 6.43. The summed E-state index contributed by atoms with van der Waals surface area (Å²) in [6, 6.07) is 0. The van der Waals surface area contributed by atoms with Crippen LogP contribution in [0, 0.1) is 0 Å². The third-order valence-electron chi connectivity index (χ3n) is 2.07.